The minimum absolute atomic E-state index is 0.0521. The maximum Gasteiger partial charge on any atom is 0.313 e. The average molecular weight is 390 g/mol. The molecular weight excluding hydrogens is 373 g/mol. The van der Waals surface area contributed by atoms with Crippen LogP contribution >= 0.6 is 15.9 Å². The molecule has 0 saturated carbocycles. The van der Waals surface area contributed by atoms with Crippen molar-refractivity contribution in [2.24, 2.45) is 5.41 Å². The first kappa shape index (κ1) is 17.7. The summed E-state index contributed by atoms with van der Waals surface area (Å²) >= 11 is 3.15. The number of carbonyl (C=O) groups is 2. The molecule has 0 bridgehead atoms. The van der Waals surface area contributed by atoms with E-state index in [0.717, 1.165) is 0 Å². The fourth-order valence-corrected chi connectivity index (χ4v) is 3.00. The number of carboxylic acid groups (broad SMARTS) is 1. The first-order valence-electron chi connectivity index (χ1n) is 6.96. The Kier molecular flexibility index (Phi) is 5.59. The summed E-state index contributed by atoms with van der Waals surface area (Å²) in [7, 11) is 1.43. The van der Waals surface area contributed by atoms with Crippen molar-refractivity contribution in [2.75, 3.05) is 33.4 Å². The highest BCUT2D eigenvalue weighted by molar-refractivity contribution is 9.10. The normalized spacial score (nSPS) is 20.6. The summed E-state index contributed by atoms with van der Waals surface area (Å²) in [5.41, 5.74) is -1.07. The van der Waals surface area contributed by atoms with Gasteiger partial charge < -0.3 is 19.5 Å². The van der Waals surface area contributed by atoms with E-state index in [9.17, 15) is 19.1 Å². The standard InChI is InChI=1S/C15H17BrFNO5/c1-22-9-15(14(20)21)4-5-18(8-15)13(19)7-23-12-3-2-10(17)6-11(12)16/h2-3,6H,4-5,7-9H2,1H3,(H,20,21). The van der Waals surface area contributed by atoms with Gasteiger partial charge in [-0.15, -0.1) is 0 Å². The van der Waals surface area contributed by atoms with Crippen LogP contribution in [0.4, 0.5) is 4.39 Å². The molecule has 1 N–H and O–H groups in total. The summed E-state index contributed by atoms with van der Waals surface area (Å²) in [4.78, 5) is 25.1. The summed E-state index contributed by atoms with van der Waals surface area (Å²) in [6.45, 7) is 0.231. The van der Waals surface area contributed by atoms with Gasteiger partial charge in [0.1, 0.15) is 17.0 Å². The number of carbonyl (C=O) groups excluding carboxylic acids is 1. The lowest BCUT2D eigenvalue weighted by Gasteiger charge is -2.23. The fourth-order valence-electron chi connectivity index (χ4n) is 2.54. The maximum absolute atomic E-state index is 13.0. The summed E-state index contributed by atoms with van der Waals surface area (Å²) < 4.78 is 23.8. The van der Waals surface area contributed by atoms with Gasteiger partial charge in [-0.05, 0) is 40.5 Å². The number of likely N-dealkylation sites (tertiary alicyclic amines) is 1. The molecule has 2 rings (SSSR count). The van der Waals surface area contributed by atoms with E-state index in [4.69, 9.17) is 9.47 Å². The quantitative estimate of drug-likeness (QED) is 0.804. The van der Waals surface area contributed by atoms with Crippen LogP contribution in [0, 0.1) is 11.2 Å². The van der Waals surface area contributed by atoms with E-state index in [1.54, 1.807) is 0 Å². The van der Waals surface area contributed by atoms with Gasteiger partial charge in [0.15, 0.2) is 6.61 Å². The molecule has 1 atom stereocenters. The molecule has 0 spiro atoms. The van der Waals surface area contributed by atoms with Crippen LogP contribution in [0.25, 0.3) is 0 Å². The fraction of sp³-hybridized carbons (Fsp3) is 0.467. The molecule has 1 unspecified atom stereocenters. The van der Waals surface area contributed by atoms with E-state index in [0.29, 0.717) is 23.2 Å². The zero-order chi connectivity index (χ0) is 17.0. The molecule has 1 fully saturated rings. The number of nitrogens with zero attached hydrogens (tertiary/aromatic N) is 1. The second-order valence-electron chi connectivity index (χ2n) is 5.45. The van der Waals surface area contributed by atoms with E-state index in [1.807, 2.05) is 0 Å². The second kappa shape index (κ2) is 7.27. The van der Waals surface area contributed by atoms with Gasteiger partial charge >= 0.3 is 5.97 Å². The van der Waals surface area contributed by atoms with E-state index >= 15 is 0 Å². The van der Waals surface area contributed by atoms with Gasteiger partial charge in [-0.25, -0.2) is 4.39 Å². The lowest BCUT2D eigenvalue weighted by atomic mass is 9.88. The Balaban J connectivity index is 1.95. The molecule has 1 heterocycles. The van der Waals surface area contributed by atoms with E-state index < -0.39 is 17.2 Å². The molecule has 1 aromatic rings. The van der Waals surface area contributed by atoms with Crippen LogP contribution in [-0.4, -0.2) is 55.3 Å². The molecule has 1 aliphatic rings. The predicted octanol–water partition coefficient (Wildman–Crippen LogP) is 1.92. The second-order valence-corrected chi connectivity index (χ2v) is 6.30. The highest BCUT2D eigenvalue weighted by Gasteiger charge is 2.46. The van der Waals surface area contributed by atoms with Crippen LogP contribution in [0.3, 0.4) is 0 Å². The third-order valence-electron chi connectivity index (χ3n) is 3.83. The molecule has 6 nitrogen and oxygen atoms in total. The first-order valence-corrected chi connectivity index (χ1v) is 7.75. The Morgan fingerprint density at radius 1 is 1.48 bits per heavy atom. The number of ether oxygens (including phenoxy) is 2. The Morgan fingerprint density at radius 2 is 2.22 bits per heavy atom. The number of amides is 1. The zero-order valence-corrected chi connectivity index (χ0v) is 14.1. The number of rotatable bonds is 6. The molecule has 1 aliphatic heterocycles. The van der Waals surface area contributed by atoms with Crippen molar-refractivity contribution in [3.8, 4) is 5.75 Å². The molecule has 0 aliphatic carbocycles. The average Bonchev–Trinajstić information content (AvgIpc) is 2.92. The summed E-state index contributed by atoms with van der Waals surface area (Å²) in [6, 6.07) is 3.89. The minimum atomic E-state index is -1.07. The number of aliphatic carboxylic acids is 1. The third kappa shape index (κ3) is 4.00. The van der Waals surface area contributed by atoms with Crippen molar-refractivity contribution in [2.45, 2.75) is 6.42 Å². The van der Waals surface area contributed by atoms with Crippen molar-refractivity contribution in [3.05, 3.63) is 28.5 Å². The van der Waals surface area contributed by atoms with Gasteiger partial charge in [0.2, 0.25) is 0 Å². The van der Waals surface area contributed by atoms with Gasteiger partial charge in [0.05, 0.1) is 11.1 Å². The molecule has 0 radical (unpaired) electrons. The highest BCUT2D eigenvalue weighted by atomic mass is 79.9. The molecular formula is C15H17BrFNO5. The van der Waals surface area contributed by atoms with Gasteiger partial charge in [-0.3, -0.25) is 9.59 Å². The molecule has 1 amide bonds. The number of methoxy groups -OCH3 is 1. The van der Waals surface area contributed by atoms with Crippen LogP contribution in [0.15, 0.2) is 22.7 Å². The predicted molar refractivity (Wildman–Crippen MR) is 82.7 cm³/mol. The van der Waals surface area contributed by atoms with Crippen LogP contribution in [-0.2, 0) is 14.3 Å². The molecule has 1 aromatic carbocycles. The third-order valence-corrected chi connectivity index (χ3v) is 4.45. The molecule has 126 valence electrons. The monoisotopic (exact) mass is 389 g/mol. The summed E-state index contributed by atoms with van der Waals surface area (Å²) in [6.07, 6.45) is 0.335. The Bertz CT molecular complexity index is 612. The van der Waals surface area contributed by atoms with Crippen molar-refractivity contribution in [1.82, 2.24) is 4.90 Å². The van der Waals surface area contributed by atoms with Crippen molar-refractivity contribution in [1.29, 1.82) is 0 Å². The van der Waals surface area contributed by atoms with Gasteiger partial charge in [-0.1, -0.05) is 0 Å². The van der Waals surface area contributed by atoms with Crippen LogP contribution < -0.4 is 4.74 Å². The molecule has 1 saturated heterocycles. The summed E-state index contributed by atoms with van der Waals surface area (Å²) in [5, 5.41) is 9.37. The maximum atomic E-state index is 13.0. The number of hydrogen-bond donors (Lipinski definition) is 1. The zero-order valence-electron chi connectivity index (χ0n) is 12.6. The number of hydrogen-bond acceptors (Lipinski definition) is 4. The van der Waals surface area contributed by atoms with Crippen molar-refractivity contribution in [3.63, 3.8) is 0 Å². The van der Waals surface area contributed by atoms with E-state index in [2.05, 4.69) is 15.9 Å². The molecule has 23 heavy (non-hydrogen) atoms. The van der Waals surface area contributed by atoms with E-state index in [-0.39, 0.29) is 25.7 Å². The lowest BCUT2D eigenvalue weighted by molar-refractivity contribution is -0.151. The van der Waals surface area contributed by atoms with Gasteiger partial charge in [0, 0.05) is 20.2 Å². The molecule has 8 heteroatoms. The Morgan fingerprint density at radius 3 is 2.83 bits per heavy atom. The highest BCUT2D eigenvalue weighted by Crippen LogP contribution is 2.31. The first-order chi connectivity index (χ1) is 10.9. The summed E-state index contributed by atoms with van der Waals surface area (Å²) in [5.74, 6) is -1.36. The van der Waals surface area contributed by atoms with Crippen molar-refractivity contribution < 1.29 is 28.6 Å². The smallest absolute Gasteiger partial charge is 0.313 e. The largest absolute Gasteiger partial charge is 0.483 e. The number of halogens is 2. The number of benzene rings is 1. The van der Waals surface area contributed by atoms with E-state index in [1.165, 1.54) is 30.2 Å². The van der Waals surface area contributed by atoms with Gasteiger partial charge in [0.25, 0.3) is 5.91 Å². The van der Waals surface area contributed by atoms with Crippen LogP contribution in [0.5, 0.6) is 5.75 Å². The minimum Gasteiger partial charge on any atom is -0.483 e. The SMILES string of the molecule is COCC1(C(=O)O)CCN(C(=O)COc2ccc(F)cc2Br)C1. The van der Waals surface area contributed by atoms with Crippen molar-refractivity contribution >= 4 is 27.8 Å². The molecule has 0 aromatic heterocycles. The van der Waals surface area contributed by atoms with Crippen LogP contribution in [0.2, 0.25) is 0 Å². The Hall–Kier alpha value is -1.67. The van der Waals surface area contributed by atoms with Gasteiger partial charge in [-0.2, -0.15) is 0 Å². The lowest BCUT2D eigenvalue weighted by Crippen LogP contribution is -2.41. The van der Waals surface area contributed by atoms with Crippen LogP contribution in [0.1, 0.15) is 6.42 Å². The number of carboxylic acids is 1. The topological polar surface area (TPSA) is 76.1 Å². The Labute approximate surface area is 141 Å².